The summed E-state index contributed by atoms with van der Waals surface area (Å²) in [6.45, 7) is 6.63. The van der Waals surface area contributed by atoms with Gasteiger partial charge in [0.25, 0.3) is 0 Å². The summed E-state index contributed by atoms with van der Waals surface area (Å²) < 4.78 is 0. The monoisotopic (exact) mass is 550 g/mol. The third-order valence-corrected chi connectivity index (χ3v) is 8.52. The van der Waals surface area contributed by atoms with E-state index in [0.29, 0.717) is 12.0 Å². The molecule has 2 nitrogen and oxygen atoms in total. The van der Waals surface area contributed by atoms with Crippen molar-refractivity contribution in [2.45, 2.75) is 58.5 Å². The molecule has 212 valence electrons. The summed E-state index contributed by atoms with van der Waals surface area (Å²) in [6, 6.07) is 27.4. The van der Waals surface area contributed by atoms with Crippen LogP contribution >= 0.6 is 0 Å². The van der Waals surface area contributed by atoms with Gasteiger partial charge in [0.05, 0.1) is 12.1 Å². The van der Waals surface area contributed by atoms with Gasteiger partial charge >= 0.3 is 0 Å². The quantitative estimate of drug-likeness (QED) is 0.270. The number of benzene rings is 3. The van der Waals surface area contributed by atoms with E-state index in [1.165, 1.54) is 45.0 Å². The Kier molecular flexibility index (Phi) is 8.42. The van der Waals surface area contributed by atoms with Crippen molar-refractivity contribution < 1.29 is 0 Å². The molecule has 0 fully saturated rings. The summed E-state index contributed by atoms with van der Waals surface area (Å²) in [6.07, 6.45) is 27.5. The zero-order valence-corrected chi connectivity index (χ0v) is 25.2. The van der Waals surface area contributed by atoms with Crippen molar-refractivity contribution in [2.24, 2.45) is 5.92 Å². The van der Waals surface area contributed by atoms with E-state index in [2.05, 4.69) is 164 Å². The van der Waals surface area contributed by atoms with Crippen molar-refractivity contribution in [1.82, 2.24) is 0 Å². The van der Waals surface area contributed by atoms with Gasteiger partial charge in [0.1, 0.15) is 0 Å². The highest BCUT2D eigenvalue weighted by atomic mass is 15.2. The summed E-state index contributed by atoms with van der Waals surface area (Å²) >= 11 is 0. The minimum Gasteiger partial charge on any atom is -0.338 e. The number of hydrogen-bond acceptors (Lipinski definition) is 2. The Hall–Kier alpha value is -4.30. The Balaban J connectivity index is 1.25. The van der Waals surface area contributed by atoms with Crippen LogP contribution in [0.5, 0.6) is 0 Å². The maximum Gasteiger partial charge on any atom is 0.0706 e. The SMILES string of the molecule is Cc1cccc(N(C2=CC=CCC2)C2C=CC(c3ccc(N(c4cccc(C)c4)C4C=CCC(C)C=C4)cc3)=CC2)c1. The number of anilines is 3. The molecule has 0 heterocycles. The average Bonchev–Trinajstić information content (AvgIpc) is 3.23. The first-order valence-electron chi connectivity index (χ1n) is 15.5. The summed E-state index contributed by atoms with van der Waals surface area (Å²) in [5, 5.41) is 0. The van der Waals surface area contributed by atoms with Crippen molar-refractivity contribution >= 4 is 22.6 Å². The molecule has 0 spiro atoms. The van der Waals surface area contributed by atoms with Crippen molar-refractivity contribution in [3.8, 4) is 0 Å². The predicted molar refractivity (Wildman–Crippen MR) is 181 cm³/mol. The van der Waals surface area contributed by atoms with Crippen molar-refractivity contribution in [3.63, 3.8) is 0 Å². The minimum atomic E-state index is 0.189. The second-order valence-corrected chi connectivity index (χ2v) is 11.9. The molecule has 3 aliphatic carbocycles. The summed E-state index contributed by atoms with van der Waals surface area (Å²) in [5.74, 6) is 0.564. The van der Waals surface area contributed by atoms with E-state index in [1.54, 1.807) is 0 Å². The zero-order valence-electron chi connectivity index (χ0n) is 25.2. The Morgan fingerprint density at radius 3 is 2.07 bits per heavy atom. The summed E-state index contributed by atoms with van der Waals surface area (Å²) in [5.41, 5.74) is 10.2. The van der Waals surface area contributed by atoms with Gasteiger partial charge in [0.2, 0.25) is 0 Å². The smallest absolute Gasteiger partial charge is 0.0706 e. The van der Waals surface area contributed by atoms with E-state index in [9.17, 15) is 0 Å². The number of hydrogen-bond donors (Lipinski definition) is 0. The Morgan fingerprint density at radius 1 is 0.690 bits per heavy atom. The predicted octanol–water partition coefficient (Wildman–Crippen LogP) is 10.4. The number of allylic oxidation sites excluding steroid dienone is 8. The van der Waals surface area contributed by atoms with Crippen LogP contribution in [0.4, 0.5) is 17.1 Å². The highest BCUT2D eigenvalue weighted by Gasteiger charge is 2.23. The molecule has 0 aromatic heterocycles. The fourth-order valence-corrected chi connectivity index (χ4v) is 6.29. The molecular formula is C40H42N2. The zero-order chi connectivity index (χ0) is 28.9. The van der Waals surface area contributed by atoms with E-state index >= 15 is 0 Å². The molecule has 0 bridgehead atoms. The first-order valence-corrected chi connectivity index (χ1v) is 15.5. The third kappa shape index (κ3) is 6.29. The third-order valence-electron chi connectivity index (χ3n) is 8.52. The van der Waals surface area contributed by atoms with Gasteiger partial charge in [-0.25, -0.2) is 0 Å². The van der Waals surface area contributed by atoms with E-state index in [0.717, 1.165) is 25.7 Å². The van der Waals surface area contributed by atoms with Crippen LogP contribution in [0.15, 0.2) is 139 Å². The first kappa shape index (κ1) is 27.8. The molecule has 6 rings (SSSR count). The maximum absolute atomic E-state index is 2.54. The number of rotatable bonds is 7. The normalized spacial score (nSPS) is 21.5. The minimum absolute atomic E-state index is 0.189. The fourth-order valence-electron chi connectivity index (χ4n) is 6.29. The second-order valence-electron chi connectivity index (χ2n) is 11.9. The molecule has 3 unspecified atom stereocenters. The molecule has 3 aliphatic rings. The Bertz CT molecular complexity index is 1580. The molecule has 42 heavy (non-hydrogen) atoms. The van der Waals surface area contributed by atoms with Crippen LogP contribution in [0, 0.1) is 19.8 Å². The molecule has 3 atom stereocenters. The lowest BCUT2D eigenvalue weighted by Gasteiger charge is -2.36. The van der Waals surface area contributed by atoms with Gasteiger partial charge in [-0.2, -0.15) is 0 Å². The number of nitrogens with zero attached hydrogens (tertiary/aromatic N) is 2. The summed E-state index contributed by atoms with van der Waals surface area (Å²) in [7, 11) is 0. The fraction of sp³-hybridized carbons (Fsp3) is 0.250. The van der Waals surface area contributed by atoms with E-state index in [-0.39, 0.29) is 6.04 Å². The molecule has 2 heteroatoms. The molecule has 0 saturated carbocycles. The van der Waals surface area contributed by atoms with Crippen molar-refractivity contribution in [1.29, 1.82) is 0 Å². The molecule has 0 radical (unpaired) electrons. The topological polar surface area (TPSA) is 6.48 Å². The van der Waals surface area contributed by atoms with Gasteiger partial charge in [-0.15, -0.1) is 0 Å². The van der Waals surface area contributed by atoms with Crippen LogP contribution in [-0.4, -0.2) is 12.1 Å². The standard InChI is InChI=1S/C40H42N2/c1-30-10-7-15-36(23-18-30)42(40-17-9-12-32(3)29-40)38-26-21-34(22-27-38)33-19-24-37(25-20-33)41(35-13-5-4-6-14-35)39-16-8-11-31(2)28-39/h4-5,7-9,11-13,15-24,26-30,36-37H,6,10,14,25H2,1-3H3. The first-order chi connectivity index (χ1) is 20.5. The lowest BCUT2D eigenvalue weighted by Crippen LogP contribution is -2.34. The van der Waals surface area contributed by atoms with Crippen LogP contribution in [0.25, 0.3) is 5.57 Å². The molecular weight excluding hydrogens is 508 g/mol. The van der Waals surface area contributed by atoms with Crippen molar-refractivity contribution in [3.05, 3.63) is 156 Å². The van der Waals surface area contributed by atoms with E-state index in [1.807, 2.05) is 0 Å². The largest absolute Gasteiger partial charge is 0.338 e. The second kappa shape index (κ2) is 12.7. The van der Waals surface area contributed by atoms with Crippen LogP contribution in [0.1, 0.15) is 49.3 Å². The van der Waals surface area contributed by atoms with Crippen LogP contribution in [0.3, 0.4) is 0 Å². The van der Waals surface area contributed by atoms with Gasteiger partial charge in [-0.3, -0.25) is 0 Å². The molecule has 0 amide bonds. The highest BCUT2D eigenvalue weighted by molar-refractivity contribution is 5.78. The van der Waals surface area contributed by atoms with Crippen LogP contribution < -0.4 is 9.80 Å². The Labute approximate surface area is 252 Å². The van der Waals surface area contributed by atoms with Crippen molar-refractivity contribution in [2.75, 3.05) is 9.80 Å². The molecule has 0 N–H and O–H groups in total. The van der Waals surface area contributed by atoms with E-state index < -0.39 is 0 Å². The lowest BCUT2D eigenvalue weighted by atomic mass is 9.94. The van der Waals surface area contributed by atoms with Gasteiger partial charge in [0.15, 0.2) is 0 Å². The van der Waals surface area contributed by atoms with Crippen LogP contribution in [0.2, 0.25) is 0 Å². The van der Waals surface area contributed by atoms with Crippen LogP contribution in [-0.2, 0) is 0 Å². The van der Waals surface area contributed by atoms with E-state index in [4.69, 9.17) is 0 Å². The lowest BCUT2D eigenvalue weighted by molar-refractivity contribution is 0.721. The van der Waals surface area contributed by atoms with Gasteiger partial charge in [-0.1, -0.05) is 98.0 Å². The maximum atomic E-state index is 2.54. The number of aryl methyl sites for hydroxylation is 2. The highest BCUT2D eigenvalue weighted by Crippen LogP contribution is 2.35. The summed E-state index contributed by atoms with van der Waals surface area (Å²) in [4.78, 5) is 4.99. The molecule has 0 aliphatic heterocycles. The van der Waals surface area contributed by atoms with Gasteiger partial charge in [-0.05, 0) is 110 Å². The average molecular weight is 551 g/mol. The molecule has 3 aromatic rings. The Morgan fingerprint density at radius 2 is 1.43 bits per heavy atom. The molecule has 3 aromatic carbocycles. The van der Waals surface area contributed by atoms with Gasteiger partial charge in [0, 0.05) is 22.8 Å². The van der Waals surface area contributed by atoms with Gasteiger partial charge < -0.3 is 9.80 Å². The molecule has 0 saturated heterocycles.